The molecule has 4 nitrogen and oxygen atoms in total. The van der Waals surface area contributed by atoms with Gasteiger partial charge in [-0.05, 0) is 47.2 Å². The SMILES string of the molecule is Oc1[nH]c2ccccc2c1C=c1ccc2c(c1)N=NC=2/C=C/c1ccccc1Cl. The van der Waals surface area contributed by atoms with E-state index in [2.05, 4.69) is 15.2 Å². The number of hydrogen-bond acceptors (Lipinski definition) is 3. The summed E-state index contributed by atoms with van der Waals surface area (Å²) in [6.45, 7) is 0. The van der Waals surface area contributed by atoms with Crippen molar-refractivity contribution in [1.29, 1.82) is 0 Å². The van der Waals surface area contributed by atoms with E-state index in [1.165, 1.54) is 0 Å². The molecule has 3 aromatic carbocycles. The number of fused-ring (bicyclic) bond motifs is 2. The Bertz CT molecular complexity index is 1430. The molecule has 0 atom stereocenters. The van der Waals surface area contributed by atoms with Crippen molar-refractivity contribution in [2.75, 3.05) is 0 Å². The summed E-state index contributed by atoms with van der Waals surface area (Å²) in [6.07, 6.45) is 5.81. The fourth-order valence-corrected chi connectivity index (χ4v) is 3.66. The maximum atomic E-state index is 10.3. The largest absolute Gasteiger partial charge is 0.494 e. The number of para-hydroxylation sites is 1. The number of halogens is 1. The van der Waals surface area contributed by atoms with E-state index in [9.17, 15) is 5.11 Å². The molecule has 0 saturated heterocycles. The highest BCUT2D eigenvalue weighted by atomic mass is 35.5. The van der Waals surface area contributed by atoms with Gasteiger partial charge in [-0.1, -0.05) is 60.1 Å². The Kier molecular flexibility index (Phi) is 4.26. The molecule has 4 aromatic rings. The summed E-state index contributed by atoms with van der Waals surface area (Å²) >= 11 is 6.21. The van der Waals surface area contributed by atoms with Crippen molar-refractivity contribution in [2.45, 2.75) is 0 Å². The Morgan fingerprint density at radius 3 is 2.62 bits per heavy atom. The maximum Gasteiger partial charge on any atom is 0.196 e. The van der Waals surface area contributed by atoms with Crippen LogP contribution in [0.25, 0.3) is 28.8 Å². The third-order valence-electron chi connectivity index (χ3n) is 4.93. The number of benzene rings is 3. The van der Waals surface area contributed by atoms with Gasteiger partial charge in [-0.3, -0.25) is 0 Å². The van der Waals surface area contributed by atoms with Crippen molar-refractivity contribution in [1.82, 2.24) is 4.98 Å². The molecule has 1 aromatic heterocycles. The van der Waals surface area contributed by atoms with Gasteiger partial charge >= 0.3 is 0 Å². The number of azo groups is 1. The van der Waals surface area contributed by atoms with Crippen LogP contribution < -0.4 is 10.4 Å². The third-order valence-corrected chi connectivity index (χ3v) is 5.27. The summed E-state index contributed by atoms with van der Waals surface area (Å²) in [5, 5.41) is 22.5. The molecule has 0 amide bonds. The van der Waals surface area contributed by atoms with Gasteiger partial charge in [-0.15, -0.1) is 10.2 Å². The second-order valence-electron chi connectivity index (χ2n) is 6.79. The summed E-state index contributed by atoms with van der Waals surface area (Å²) in [7, 11) is 0. The van der Waals surface area contributed by atoms with Crippen LogP contribution in [0.4, 0.5) is 5.69 Å². The van der Waals surface area contributed by atoms with Gasteiger partial charge in [0.25, 0.3) is 0 Å². The molecule has 0 saturated carbocycles. The van der Waals surface area contributed by atoms with Gasteiger partial charge in [0.2, 0.25) is 0 Å². The van der Waals surface area contributed by atoms with Gasteiger partial charge in [-0.2, -0.15) is 0 Å². The summed E-state index contributed by atoms with van der Waals surface area (Å²) in [5.41, 5.74) is 4.19. The van der Waals surface area contributed by atoms with E-state index in [1.807, 2.05) is 85.0 Å². The number of hydrogen-bond donors (Lipinski definition) is 2. The van der Waals surface area contributed by atoms with Crippen LogP contribution in [0.3, 0.4) is 0 Å². The molecule has 0 radical (unpaired) electrons. The second-order valence-corrected chi connectivity index (χ2v) is 7.20. The minimum atomic E-state index is 0.156. The first kappa shape index (κ1) is 17.5. The average Bonchev–Trinajstić information content (AvgIpc) is 3.28. The smallest absolute Gasteiger partial charge is 0.196 e. The highest BCUT2D eigenvalue weighted by Gasteiger charge is 2.09. The maximum absolute atomic E-state index is 10.3. The monoisotopic (exact) mass is 397 g/mol. The molecule has 0 fully saturated rings. The average molecular weight is 398 g/mol. The number of aromatic amines is 1. The third kappa shape index (κ3) is 3.24. The van der Waals surface area contributed by atoms with E-state index in [-0.39, 0.29) is 5.88 Å². The van der Waals surface area contributed by atoms with E-state index in [1.54, 1.807) is 0 Å². The number of nitrogens with one attached hydrogen (secondary N) is 1. The Morgan fingerprint density at radius 1 is 0.897 bits per heavy atom. The second kappa shape index (κ2) is 7.08. The first-order valence-electron chi connectivity index (χ1n) is 9.19. The van der Waals surface area contributed by atoms with Crippen molar-refractivity contribution >= 4 is 46.0 Å². The summed E-state index contributed by atoms with van der Waals surface area (Å²) in [5.74, 6) is 0.156. The molecule has 2 heterocycles. The van der Waals surface area contributed by atoms with Crippen molar-refractivity contribution in [3.8, 4) is 5.88 Å². The number of nitrogens with zero attached hydrogens (tertiary/aromatic N) is 2. The van der Waals surface area contributed by atoms with E-state index in [0.717, 1.165) is 43.9 Å². The van der Waals surface area contributed by atoms with Gasteiger partial charge in [0, 0.05) is 26.7 Å². The molecular formula is C24H16ClN3O. The number of rotatable bonds is 3. The van der Waals surface area contributed by atoms with Crippen molar-refractivity contribution in [3.63, 3.8) is 0 Å². The molecular weight excluding hydrogens is 382 g/mol. The topological polar surface area (TPSA) is 60.7 Å². The van der Waals surface area contributed by atoms with Crippen LogP contribution in [-0.2, 0) is 0 Å². The zero-order valence-electron chi connectivity index (χ0n) is 15.3. The lowest BCUT2D eigenvalue weighted by Gasteiger charge is -1.96. The lowest BCUT2D eigenvalue weighted by atomic mass is 10.1. The highest BCUT2D eigenvalue weighted by Crippen LogP contribution is 2.27. The Morgan fingerprint density at radius 2 is 1.72 bits per heavy atom. The highest BCUT2D eigenvalue weighted by molar-refractivity contribution is 6.32. The van der Waals surface area contributed by atoms with Gasteiger partial charge < -0.3 is 10.1 Å². The van der Waals surface area contributed by atoms with E-state index in [4.69, 9.17) is 11.6 Å². The molecule has 5 rings (SSSR count). The number of aromatic hydroxyl groups is 1. The lowest BCUT2D eigenvalue weighted by molar-refractivity contribution is 0.457. The number of H-pyrrole nitrogens is 1. The predicted molar refractivity (Wildman–Crippen MR) is 118 cm³/mol. The van der Waals surface area contributed by atoms with Gasteiger partial charge in [0.15, 0.2) is 5.88 Å². The van der Waals surface area contributed by atoms with Crippen molar-refractivity contribution < 1.29 is 5.11 Å². The van der Waals surface area contributed by atoms with E-state index < -0.39 is 0 Å². The minimum Gasteiger partial charge on any atom is -0.494 e. The van der Waals surface area contributed by atoms with Gasteiger partial charge in [0.1, 0.15) is 0 Å². The minimum absolute atomic E-state index is 0.156. The fraction of sp³-hybridized carbons (Fsp3) is 0. The van der Waals surface area contributed by atoms with Crippen molar-refractivity contribution in [2.24, 2.45) is 10.2 Å². The molecule has 0 spiro atoms. The van der Waals surface area contributed by atoms with Crippen LogP contribution in [0.15, 0.2) is 83.0 Å². The van der Waals surface area contributed by atoms with Crippen LogP contribution >= 0.6 is 11.6 Å². The van der Waals surface area contributed by atoms with Crippen LogP contribution in [0.2, 0.25) is 5.02 Å². The molecule has 5 heteroatoms. The van der Waals surface area contributed by atoms with Crippen LogP contribution in [0, 0.1) is 0 Å². The fourth-order valence-electron chi connectivity index (χ4n) is 3.46. The van der Waals surface area contributed by atoms with Gasteiger partial charge in [0.05, 0.1) is 11.4 Å². The molecule has 1 aliphatic rings. The van der Waals surface area contributed by atoms with Gasteiger partial charge in [-0.25, -0.2) is 0 Å². The van der Waals surface area contributed by atoms with E-state index >= 15 is 0 Å². The Balaban J connectivity index is 1.56. The Hall–Kier alpha value is -3.63. The zero-order valence-corrected chi connectivity index (χ0v) is 16.1. The van der Waals surface area contributed by atoms with Crippen molar-refractivity contribution in [3.05, 3.63) is 99.4 Å². The predicted octanol–water partition coefficient (Wildman–Crippen LogP) is 5.27. The van der Waals surface area contributed by atoms with Crippen LogP contribution in [0.5, 0.6) is 5.88 Å². The molecule has 2 N–H and O–H groups in total. The lowest BCUT2D eigenvalue weighted by Crippen LogP contribution is -2.08. The summed E-state index contributed by atoms with van der Waals surface area (Å²) in [6, 6.07) is 21.4. The number of aromatic nitrogens is 1. The zero-order chi connectivity index (χ0) is 19.8. The molecule has 140 valence electrons. The van der Waals surface area contributed by atoms with Crippen LogP contribution in [-0.4, -0.2) is 10.1 Å². The quantitative estimate of drug-likeness (QED) is 0.485. The Labute approximate surface area is 171 Å². The molecule has 0 bridgehead atoms. The summed E-state index contributed by atoms with van der Waals surface area (Å²) in [4.78, 5) is 3.00. The standard InChI is InChI=1S/C24H16ClN3O/c25-20-7-3-1-5-16(20)10-12-22-18-11-9-15(14-23(18)28-27-22)13-19-17-6-2-4-8-21(17)26-24(19)29/h1-14,26,29H/b12-10+,15-13?. The molecule has 29 heavy (non-hydrogen) atoms. The van der Waals surface area contributed by atoms with E-state index in [0.29, 0.717) is 5.02 Å². The van der Waals surface area contributed by atoms with Crippen LogP contribution in [0.1, 0.15) is 11.1 Å². The summed E-state index contributed by atoms with van der Waals surface area (Å²) < 4.78 is 0. The first-order chi connectivity index (χ1) is 14.2. The normalized spacial score (nSPS) is 13.7. The first-order valence-corrected chi connectivity index (χ1v) is 9.57. The molecule has 0 aliphatic carbocycles. The molecule has 1 aliphatic heterocycles. The molecule has 0 unspecified atom stereocenters.